The summed E-state index contributed by atoms with van der Waals surface area (Å²) in [6.45, 7) is 3.58. The van der Waals surface area contributed by atoms with Crippen LogP contribution in [-0.2, 0) is 6.54 Å². The number of hydrogen-bond acceptors (Lipinski definition) is 4. The molecule has 2 heterocycles. The van der Waals surface area contributed by atoms with Crippen molar-refractivity contribution < 1.29 is 9.47 Å². The minimum atomic E-state index is 0.269. The van der Waals surface area contributed by atoms with Gasteiger partial charge in [-0.05, 0) is 36.8 Å². The molecule has 1 aliphatic heterocycles. The van der Waals surface area contributed by atoms with Gasteiger partial charge < -0.3 is 14.8 Å². The molecule has 0 saturated carbocycles. The number of benzene rings is 1. The predicted molar refractivity (Wildman–Crippen MR) is 81.7 cm³/mol. The number of pyridine rings is 1. The summed E-state index contributed by atoms with van der Waals surface area (Å²) >= 11 is 0. The number of rotatable bonds is 4. The SMILES string of the molecule is COc1ccc2c(c1)C(NCc1ncccc1C)CCO2. The lowest BCUT2D eigenvalue weighted by Crippen LogP contribution is -2.27. The summed E-state index contributed by atoms with van der Waals surface area (Å²) in [7, 11) is 1.69. The van der Waals surface area contributed by atoms with Crippen molar-refractivity contribution in [3.05, 3.63) is 53.3 Å². The van der Waals surface area contributed by atoms with E-state index in [2.05, 4.69) is 29.4 Å². The predicted octanol–water partition coefficient (Wildman–Crippen LogP) is 3.01. The maximum absolute atomic E-state index is 5.72. The number of ether oxygens (including phenoxy) is 2. The maximum Gasteiger partial charge on any atom is 0.124 e. The van der Waals surface area contributed by atoms with E-state index in [0.29, 0.717) is 0 Å². The summed E-state index contributed by atoms with van der Waals surface area (Å²) in [6, 6.07) is 10.3. The van der Waals surface area contributed by atoms with Crippen molar-refractivity contribution in [2.45, 2.75) is 25.9 Å². The zero-order valence-electron chi connectivity index (χ0n) is 12.4. The molecular weight excluding hydrogens is 264 g/mol. The topological polar surface area (TPSA) is 43.4 Å². The van der Waals surface area contributed by atoms with E-state index in [9.17, 15) is 0 Å². The second kappa shape index (κ2) is 6.14. The molecule has 1 unspecified atom stereocenters. The number of nitrogens with zero attached hydrogens (tertiary/aromatic N) is 1. The van der Waals surface area contributed by atoms with Crippen molar-refractivity contribution in [1.29, 1.82) is 0 Å². The number of nitrogens with one attached hydrogen (secondary N) is 1. The van der Waals surface area contributed by atoms with Gasteiger partial charge in [0.1, 0.15) is 11.5 Å². The van der Waals surface area contributed by atoms with Crippen molar-refractivity contribution in [3.63, 3.8) is 0 Å². The van der Waals surface area contributed by atoms with E-state index >= 15 is 0 Å². The molecule has 1 N–H and O–H groups in total. The Bertz CT molecular complexity index is 628. The van der Waals surface area contributed by atoms with Gasteiger partial charge in [-0.1, -0.05) is 6.07 Å². The average Bonchev–Trinajstić information content (AvgIpc) is 2.53. The summed E-state index contributed by atoms with van der Waals surface area (Å²) in [5.74, 6) is 1.80. The van der Waals surface area contributed by atoms with Gasteiger partial charge in [-0.3, -0.25) is 4.98 Å². The molecule has 0 aliphatic carbocycles. The number of fused-ring (bicyclic) bond motifs is 1. The van der Waals surface area contributed by atoms with E-state index in [0.717, 1.165) is 42.3 Å². The highest BCUT2D eigenvalue weighted by atomic mass is 16.5. The third-order valence-electron chi connectivity index (χ3n) is 3.89. The largest absolute Gasteiger partial charge is 0.497 e. The van der Waals surface area contributed by atoms with Crippen LogP contribution >= 0.6 is 0 Å². The standard InChI is InChI=1S/C17H20N2O2/c1-12-4-3-8-18-16(12)11-19-15-7-9-21-17-6-5-13(20-2)10-14(15)17/h3-6,8,10,15,19H,7,9,11H2,1-2H3. The third kappa shape index (κ3) is 3.00. The van der Waals surface area contributed by atoms with Gasteiger partial charge in [0, 0.05) is 30.8 Å². The van der Waals surface area contributed by atoms with Crippen molar-refractivity contribution in [2.24, 2.45) is 0 Å². The van der Waals surface area contributed by atoms with Crippen LogP contribution in [0.4, 0.5) is 0 Å². The van der Waals surface area contributed by atoms with E-state index in [1.165, 1.54) is 5.56 Å². The molecule has 1 atom stereocenters. The van der Waals surface area contributed by atoms with Crippen LogP contribution in [0.5, 0.6) is 11.5 Å². The van der Waals surface area contributed by atoms with Gasteiger partial charge in [0.2, 0.25) is 0 Å². The molecule has 0 amide bonds. The van der Waals surface area contributed by atoms with Crippen molar-refractivity contribution in [1.82, 2.24) is 10.3 Å². The molecule has 1 aromatic carbocycles. The molecule has 2 aromatic rings. The molecule has 0 spiro atoms. The highest BCUT2D eigenvalue weighted by Gasteiger charge is 2.21. The van der Waals surface area contributed by atoms with Gasteiger partial charge in [-0.25, -0.2) is 0 Å². The van der Waals surface area contributed by atoms with E-state index in [1.807, 2.05) is 24.4 Å². The Morgan fingerprint density at radius 3 is 3.10 bits per heavy atom. The molecule has 3 rings (SSSR count). The lowest BCUT2D eigenvalue weighted by atomic mass is 10.00. The zero-order chi connectivity index (χ0) is 14.7. The van der Waals surface area contributed by atoms with Gasteiger partial charge in [0.05, 0.1) is 19.4 Å². The highest BCUT2D eigenvalue weighted by Crippen LogP contribution is 2.34. The molecule has 4 nitrogen and oxygen atoms in total. The monoisotopic (exact) mass is 284 g/mol. The highest BCUT2D eigenvalue weighted by molar-refractivity contribution is 5.43. The zero-order valence-corrected chi connectivity index (χ0v) is 12.4. The first-order valence-corrected chi connectivity index (χ1v) is 7.22. The molecule has 0 fully saturated rings. The van der Waals surface area contributed by atoms with Crippen LogP contribution in [0.15, 0.2) is 36.5 Å². The third-order valence-corrected chi connectivity index (χ3v) is 3.89. The Morgan fingerprint density at radius 1 is 1.38 bits per heavy atom. The average molecular weight is 284 g/mol. The van der Waals surface area contributed by atoms with Gasteiger partial charge in [0.15, 0.2) is 0 Å². The molecule has 0 saturated heterocycles. The van der Waals surface area contributed by atoms with Crippen molar-refractivity contribution in [2.75, 3.05) is 13.7 Å². The number of aromatic nitrogens is 1. The van der Waals surface area contributed by atoms with Crippen molar-refractivity contribution >= 4 is 0 Å². The summed E-state index contributed by atoms with van der Waals surface area (Å²) in [5, 5.41) is 3.59. The summed E-state index contributed by atoms with van der Waals surface area (Å²) in [4.78, 5) is 4.43. The van der Waals surface area contributed by atoms with Crippen molar-refractivity contribution in [3.8, 4) is 11.5 Å². The van der Waals surface area contributed by atoms with Crippen LogP contribution in [0.3, 0.4) is 0 Å². The van der Waals surface area contributed by atoms with Crippen LogP contribution in [0.2, 0.25) is 0 Å². The van der Waals surface area contributed by atoms with Crippen LogP contribution in [-0.4, -0.2) is 18.7 Å². The Kier molecular flexibility index (Phi) is 4.06. The fraction of sp³-hybridized carbons (Fsp3) is 0.353. The first kappa shape index (κ1) is 13.9. The summed E-state index contributed by atoms with van der Waals surface area (Å²) in [6.07, 6.45) is 2.79. The second-order valence-electron chi connectivity index (χ2n) is 5.24. The number of hydrogen-bond donors (Lipinski definition) is 1. The molecule has 0 radical (unpaired) electrons. The lowest BCUT2D eigenvalue weighted by molar-refractivity contribution is 0.251. The van der Waals surface area contributed by atoms with E-state index in [4.69, 9.17) is 9.47 Å². The van der Waals surface area contributed by atoms with E-state index in [-0.39, 0.29) is 6.04 Å². The summed E-state index contributed by atoms with van der Waals surface area (Å²) < 4.78 is 11.0. The lowest BCUT2D eigenvalue weighted by Gasteiger charge is -2.27. The molecule has 1 aliphatic rings. The maximum atomic E-state index is 5.72. The minimum Gasteiger partial charge on any atom is -0.497 e. The Labute approximate surface area is 125 Å². The van der Waals surface area contributed by atoms with Gasteiger partial charge in [0.25, 0.3) is 0 Å². The number of methoxy groups -OCH3 is 1. The second-order valence-corrected chi connectivity index (χ2v) is 5.24. The fourth-order valence-corrected chi connectivity index (χ4v) is 2.63. The minimum absolute atomic E-state index is 0.269. The quantitative estimate of drug-likeness (QED) is 0.937. The molecule has 4 heteroatoms. The van der Waals surface area contributed by atoms with E-state index in [1.54, 1.807) is 7.11 Å². The molecular formula is C17H20N2O2. The fourth-order valence-electron chi connectivity index (χ4n) is 2.63. The molecule has 1 aromatic heterocycles. The van der Waals surface area contributed by atoms with Crippen LogP contribution in [0.1, 0.15) is 29.3 Å². The Morgan fingerprint density at radius 2 is 2.29 bits per heavy atom. The first-order valence-electron chi connectivity index (χ1n) is 7.22. The Balaban J connectivity index is 1.77. The molecule has 0 bridgehead atoms. The normalized spacial score (nSPS) is 17.0. The number of aryl methyl sites for hydroxylation is 1. The summed E-state index contributed by atoms with van der Waals surface area (Å²) in [5.41, 5.74) is 3.46. The first-order chi connectivity index (χ1) is 10.3. The van der Waals surface area contributed by atoms with E-state index < -0.39 is 0 Å². The van der Waals surface area contributed by atoms with Crippen LogP contribution < -0.4 is 14.8 Å². The van der Waals surface area contributed by atoms with Gasteiger partial charge in [-0.15, -0.1) is 0 Å². The van der Waals surface area contributed by atoms with Crippen LogP contribution in [0, 0.1) is 6.92 Å². The van der Waals surface area contributed by atoms with Gasteiger partial charge in [-0.2, -0.15) is 0 Å². The molecule has 110 valence electrons. The smallest absolute Gasteiger partial charge is 0.124 e. The van der Waals surface area contributed by atoms with Gasteiger partial charge >= 0.3 is 0 Å². The molecule has 21 heavy (non-hydrogen) atoms. The van der Waals surface area contributed by atoms with Crippen LogP contribution in [0.25, 0.3) is 0 Å². The Hall–Kier alpha value is -2.07.